The number of hydrogen-bond acceptors (Lipinski definition) is 2. The van der Waals surface area contributed by atoms with Gasteiger partial charge in [-0.2, -0.15) is 0 Å². The maximum absolute atomic E-state index is 11.3. The minimum Gasteiger partial charge on any atom is -0.331 e. The van der Waals surface area contributed by atoms with Crippen molar-refractivity contribution in [1.82, 2.24) is 9.55 Å². The minimum atomic E-state index is 0.361. The van der Waals surface area contributed by atoms with E-state index in [2.05, 4.69) is 9.55 Å². The lowest BCUT2D eigenvalue weighted by Gasteiger charge is -2.18. The number of aromatic nitrogens is 2. The molecule has 0 spiro atoms. The average molecular weight is 204 g/mol. The van der Waals surface area contributed by atoms with Crippen molar-refractivity contribution in [2.75, 3.05) is 0 Å². The number of rotatable bonds is 1. The van der Waals surface area contributed by atoms with E-state index in [4.69, 9.17) is 0 Å². The Balaban J connectivity index is 1.93. The van der Waals surface area contributed by atoms with Crippen LogP contribution in [-0.4, -0.2) is 15.3 Å². The number of fused-ring (bicyclic) bond motifs is 1. The zero-order chi connectivity index (χ0) is 10.3. The monoisotopic (exact) mass is 204 g/mol. The van der Waals surface area contributed by atoms with Crippen LogP contribution in [0.5, 0.6) is 0 Å². The van der Waals surface area contributed by atoms with Crippen LogP contribution < -0.4 is 0 Å². The highest BCUT2D eigenvalue weighted by Gasteiger charge is 2.25. The number of ketones is 1. The Hall–Kier alpha value is -1.12. The lowest BCUT2D eigenvalue weighted by molar-refractivity contribution is -0.119. The number of carbonyl (C=O) groups excluding carboxylic acids is 1. The summed E-state index contributed by atoms with van der Waals surface area (Å²) in [5.41, 5.74) is 1.13. The number of nitrogens with zero attached hydrogens (tertiary/aromatic N) is 2. The molecule has 0 atom stereocenters. The molecule has 1 aromatic rings. The van der Waals surface area contributed by atoms with Crippen molar-refractivity contribution in [2.45, 2.75) is 51.0 Å². The van der Waals surface area contributed by atoms with Gasteiger partial charge < -0.3 is 4.57 Å². The molecule has 0 amide bonds. The van der Waals surface area contributed by atoms with E-state index >= 15 is 0 Å². The van der Waals surface area contributed by atoms with Crippen LogP contribution in [0.15, 0.2) is 6.20 Å². The van der Waals surface area contributed by atoms with Crippen molar-refractivity contribution >= 4 is 5.78 Å². The smallest absolute Gasteiger partial charge is 0.140 e. The highest BCUT2D eigenvalue weighted by Crippen LogP contribution is 2.34. The molecule has 3 rings (SSSR count). The number of imidazole rings is 1. The first kappa shape index (κ1) is 9.13. The van der Waals surface area contributed by atoms with Crippen molar-refractivity contribution in [2.24, 2.45) is 0 Å². The second kappa shape index (κ2) is 3.47. The minimum absolute atomic E-state index is 0.361. The zero-order valence-corrected chi connectivity index (χ0v) is 8.91. The van der Waals surface area contributed by atoms with Crippen LogP contribution >= 0.6 is 0 Å². The van der Waals surface area contributed by atoms with Gasteiger partial charge in [-0.1, -0.05) is 12.8 Å². The van der Waals surface area contributed by atoms with E-state index in [0.717, 1.165) is 12.2 Å². The van der Waals surface area contributed by atoms with Crippen molar-refractivity contribution < 1.29 is 4.79 Å². The van der Waals surface area contributed by atoms with Gasteiger partial charge >= 0.3 is 0 Å². The first-order valence-electron chi connectivity index (χ1n) is 5.90. The summed E-state index contributed by atoms with van der Waals surface area (Å²) in [5, 5.41) is 0. The van der Waals surface area contributed by atoms with Gasteiger partial charge in [0.15, 0.2) is 0 Å². The molecule has 1 aliphatic heterocycles. The molecule has 2 heterocycles. The molecule has 0 bridgehead atoms. The van der Waals surface area contributed by atoms with Crippen LogP contribution in [0.25, 0.3) is 0 Å². The third-order valence-electron chi connectivity index (χ3n) is 3.68. The van der Waals surface area contributed by atoms with E-state index in [-0.39, 0.29) is 0 Å². The second-order valence-corrected chi connectivity index (χ2v) is 4.71. The van der Waals surface area contributed by atoms with Gasteiger partial charge in [0.05, 0.1) is 0 Å². The molecular weight excluding hydrogens is 188 g/mol. The lowest BCUT2D eigenvalue weighted by atomic mass is 10.1. The fourth-order valence-electron chi connectivity index (χ4n) is 2.86. The number of carbonyl (C=O) groups is 1. The molecule has 0 saturated heterocycles. The van der Waals surface area contributed by atoms with E-state index in [1.807, 2.05) is 6.20 Å². The lowest BCUT2D eigenvalue weighted by Crippen LogP contribution is -2.20. The first-order chi connectivity index (χ1) is 7.34. The fraction of sp³-hybridized carbons (Fsp3) is 0.667. The third kappa shape index (κ3) is 1.50. The van der Waals surface area contributed by atoms with Crippen LogP contribution in [-0.2, 0) is 17.8 Å². The molecule has 1 saturated carbocycles. The molecule has 3 heteroatoms. The summed E-state index contributed by atoms with van der Waals surface area (Å²) in [6, 6.07) is 0. The van der Waals surface area contributed by atoms with Gasteiger partial charge in [-0.25, -0.2) is 4.98 Å². The fourth-order valence-corrected chi connectivity index (χ4v) is 2.86. The van der Waals surface area contributed by atoms with Gasteiger partial charge in [-0.05, 0) is 12.8 Å². The van der Waals surface area contributed by atoms with Crippen LogP contribution in [0, 0.1) is 0 Å². The number of Topliss-reactive ketones (excluding diaryl/α,β-unsaturated/α-hetero) is 1. The van der Waals surface area contributed by atoms with E-state index in [0.29, 0.717) is 24.5 Å². The van der Waals surface area contributed by atoms with Gasteiger partial charge in [0.1, 0.15) is 11.6 Å². The molecule has 80 valence electrons. The van der Waals surface area contributed by atoms with E-state index < -0.39 is 0 Å². The van der Waals surface area contributed by atoms with Crippen molar-refractivity contribution in [3.05, 3.63) is 17.7 Å². The Morgan fingerprint density at radius 1 is 1.33 bits per heavy atom. The summed E-state index contributed by atoms with van der Waals surface area (Å²) in [6.07, 6.45) is 8.44. The standard InChI is InChI=1S/C12H16N2O/c15-11-5-6-14-10(7-11)8-13-12(14)9-3-1-2-4-9/h8-9H,1-7H2. The van der Waals surface area contributed by atoms with Gasteiger partial charge in [-0.3, -0.25) is 4.79 Å². The summed E-state index contributed by atoms with van der Waals surface area (Å²) in [4.78, 5) is 15.8. The molecular formula is C12H16N2O. The maximum Gasteiger partial charge on any atom is 0.140 e. The van der Waals surface area contributed by atoms with Crippen LogP contribution in [0.1, 0.15) is 49.5 Å². The molecule has 0 radical (unpaired) electrons. The molecule has 1 fully saturated rings. The molecule has 3 nitrogen and oxygen atoms in total. The zero-order valence-electron chi connectivity index (χ0n) is 8.91. The van der Waals surface area contributed by atoms with Gasteiger partial charge in [0.25, 0.3) is 0 Å². The van der Waals surface area contributed by atoms with E-state index in [1.165, 1.54) is 31.5 Å². The topological polar surface area (TPSA) is 34.9 Å². The SMILES string of the molecule is O=C1CCn2c(cnc2C2CCCC2)C1. The van der Waals surface area contributed by atoms with Crippen LogP contribution in [0.2, 0.25) is 0 Å². The average Bonchev–Trinajstić information content (AvgIpc) is 2.82. The van der Waals surface area contributed by atoms with Gasteiger partial charge in [0, 0.05) is 37.2 Å². The highest BCUT2D eigenvalue weighted by atomic mass is 16.1. The Morgan fingerprint density at radius 2 is 2.13 bits per heavy atom. The third-order valence-corrected chi connectivity index (χ3v) is 3.68. The predicted molar refractivity (Wildman–Crippen MR) is 56.8 cm³/mol. The van der Waals surface area contributed by atoms with Crippen molar-refractivity contribution in [1.29, 1.82) is 0 Å². The molecule has 1 aromatic heterocycles. The predicted octanol–water partition coefficient (Wildman–Crippen LogP) is 2.06. The normalized spacial score (nSPS) is 22.0. The van der Waals surface area contributed by atoms with E-state index in [1.54, 1.807) is 0 Å². The van der Waals surface area contributed by atoms with Gasteiger partial charge in [-0.15, -0.1) is 0 Å². The Labute approximate surface area is 89.5 Å². The summed E-state index contributed by atoms with van der Waals surface area (Å²) in [6.45, 7) is 0.861. The summed E-state index contributed by atoms with van der Waals surface area (Å²) in [5.74, 6) is 2.27. The van der Waals surface area contributed by atoms with Crippen LogP contribution in [0.3, 0.4) is 0 Å². The second-order valence-electron chi connectivity index (χ2n) is 4.71. The Kier molecular flexibility index (Phi) is 2.11. The molecule has 2 aliphatic rings. The summed E-state index contributed by atoms with van der Waals surface area (Å²) in [7, 11) is 0. The van der Waals surface area contributed by atoms with Crippen molar-refractivity contribution in [3.8, 4) is 0 Å². The van der Waals surface area contributed by atoms with Gasteiger partial charge in [0.2, 0.25) is 0 Å². The summed E-state index contributed by atoms with van der Waals surface area (Å²) >= 11 is 0. The number of hydrogen-bond donors (Lipinski definition) is 0. The molecule has 15 heavy (non-hydrogen) atoms. The van der Waals surface area contributed by atoms with Crippen molar-refractivity contribution in [3.63, 3.8) is 0 Å². The van der Waals surface area contributed by atoms with E-state index in [9.17, 15) is 4.79 Å². The summed E-state index contributed by atoms with van der Waals surface area (Å²) < 4.78 is 2.29. The molecule has 0 unspecified atom stereocenters. The maximum atomic E-state index is 11.3. The molecule has 0 N–H and O–H groups in total. The molecule has 1 aliphatic carbocycles. The van der Waals surface area contributed by atoms with Crippen LogP contribution in [0.4, 0.5) is 0 Å². The Morgan fingerprint density at radius 3 is 2.93 bits per heavy atom. The Bertz CT molecular complexity index is 388. The first-order valence-corrected chi connectivity index (χ1v) is 5.90. The quantitative estimate of drug-likeness (QED) is 0.701. The highest BCUT2D eigenvalue weighted by molar-refractivity contribution is 5.81. The molecule has 0 aromatic carbocycles. The largest absolute Gasteiger partial charge is 0.331 e.